The van der Waals surface area contributed by atoms with Crippen LogP contribution in [0.3, 0.4) is 0 Å². The molecule has 2 unspecified atom stereocenters. The maximum absolute atomic E-state index is 11.8. The molecule has 0 aliphatic heterocycles. The van der Waals surface area contributed by atoms with E-state index >= 15 is 0 Å². The lowest BCUT2D eigenvalue weighted by Gasteiger charge is -2.17. The smallest absolute Gasteiger partial charge is 0.237 e. The Hall–Kier alpha value is -0.940. The second kappa shape index (κ2) is 6.12. The average Bonchev–Trinajstić information content (AvgIpc) is 2.63. The molecule has 1 aromatic rings. The summed E-state index contributed by atoms with van der Waals surface area (Å²) >= 11 is 1.56. The predicted molar refractivity (Wildman–Crippen MR) is 70.8 cm³/mol. The molecule has 5 heteroatoms. The van der Waals surface area contributed by atoms with Gasteiger partial charge in [0.2, 0.25) is 5.91 Å². The Morgan fingerprint density at radius 2 is 2.18 bits per heavy atom. The topological polar surface area (TPSA) is 68.0 Å². The number of nitrogens with zero attached hydrogens (tertiary/aromatic N) is 1. The van der Waals surface area contributed by atoms with E-state index in [1.165, 1.54) is 0 Å². The number of hydrogen-bond donors (Lipinski definition) is 2. The third-order valence-electron chi connectivity index (χ3n) is 2.43. The summed E-state index contributed by atoms with van der Waals surface area (Å²) in [5.41, 5.74) is 6.80. The summed E-state index contributed by atoms with van der Waals surface area (Å²) in [6.07, 6.45) is 0.704. The molecule has 0 aromatic carbocycles. The third kappa shape index (κ3) is 4.44. The fourth-order valence-electron chi connectivity index (χ4n) is 1.57. The molecule has 0 radical (unpaired) electrons. The van der Waals surface area contributed by atoms with Crippen LogP contribution in [0.15, 0.2) is 5.38 Å². The third-order valence-corrected chi connectivity index (χ3v) is 3.57. The van der Waals surface area contributed by atoms with Crippen molar-refractivity contribution in [1.29, 1.82) is 0 Å². The van der Waals surface area contributed by atoms with Gasteiger partial charge in [-0.25, -0.2) is 4.98 Å². The molecule has 0 bridgehead atoms. The first-order chi connectivity index (χ1) is 7.90. The molecule has 0 aliphatic rings. The molecule has 0 spiro atoms. The summed E-state index contributed by atoms with van der Waals surface area (Å²) in [4.78, 5) is 16.2. The maximum atomic E-state index is 11.8. The number of amides is 1. The van der Waals surface area contributed by atoms with Gasteiger partial charge in [-0.3, -0.25) is 4.79 Å². The molecule has 3 N–H and O–H groups in total. The van der Waals surface area contributed by atoms with Gasteiger partial charge in [-0.05, 0) is 26.2 Å². The van der Waals surface area contributed by atoms with Crippen LogP contribution in [-0.4, -0.2) is 16.9 Å². The van der Waals surface area contributed by atoms with Gasteiger partial charge in [0.1, 0.15) is 5.01 Å². The van der Waals surface area contributed by atoms with Crippen LogP contribution >= 0.6 is 11.3 Å². The zero-order valence-corrected chi connectivity index (χ0v) is 11.7. The van der Waals surface area contributed by atoms with Gasteiger partial charge in [0.05, 0.1) is 12.1 Å². The minimum Gasteiger partial charge on any atom is -0.346 e. The van der Waals surface area contributed by atoms with Crippen molar-refractivity contribution in [1.82, 2.24) is 10.3 Å². The second-order valence-corrected chi connectivity index (χ2v) is 5.68. The number of nitrogens with one attached hydrogen (secondary N) is 1. The molecule has 4 nitrogen and oxygen atoms in total. The Balaban J connectivity index is 2.51. The number of rotatable bonds is 5. The molecule has 1 amide bonds. The zero-order valence-electron chi connectivity index (χ0n) is 10.9. The number of nitrogens with two attached hydrogens (primary N) is 1. The van der Waals surface area contributed by atoms with Gasteiger partial charge in [0, 0.05) is 11.1 Å². The van der Waals surface area contributed by atoms with Gasteiger partial charge in [-0.2, -0.15) is 0 Å². The fraction of sp³-hybridized carbons (Fsp3) is 0.667. The highest BCUT2D eigenvalue weighted by molar-refractivity contribution is 7.09. The standard InChI is InChI=1S/C12H21N3OS/c1-7(2)5-10(13)11(16)15-9(4)12-14-8(3)6-17-12/h6-7,9-10H,5,13H2,1-4H3,(H,15,16). The average molecular weight is 255 g/mol. The number of aryl methyl sites for hydroxylation is 1. The van der Waals surface area contributed by atoms with Crippen molar-refractivity contribution in [2.75, 3.05) is 0 Å². The van der Waals surface area contributed by atoms with Crippen LogP contribution in [0.1, 0.15) is 43.9 Å². The lowest BCUT2D eigenvalue weighted by molar-refractivity contribution is -0.123. The van der Waals surface area contributed by atoms with Crippen molar-refractivity contribution in [2.45, 2.75) is 46.2 Å². The molecule has 1 rings (SSSR count). The summed E-state index contributed by atoms with van der Waals surface area (Å²) in [7, 11) is 0. The van der Waals surface area contributed by atoms with Gasteiger partial charge in [-0.1, -0.05) is 13.8 Å². The van der Waals surface area contributed by atoms with Crippen LogP contribution in [0.4, 0.5) is 0 Å². The number of hydrogen-bond acceptors (Lipinski definition) is 4. The lowest BCUT2D eigenvalue weighted by Crippen LogP contribution is -2.42. The maximum Gasteiger partial charge on any atom is 0.237 e. The first kappa shape index (κ1) is 14.1. The summed E-state index contributed by atoms with van der Waals surface area (Å²) < 4.78 is 0. The molecular formula is C12H21N3OS. The number of carbonyl (C=O) groups is 1. The van der Waals surface area contributed by atoms with Crippen LogP contribution < -0.4 is 11.1 Å². The Morgan fingerprint density at radius 3 is 2.65 bits per heavy atom. The first-order valence-electron chi connectivity index (χ1n) is 5.88. The van der Waals surface area contributed by atoms with Crippen LogP contribution in [0, 0.1) is 12.8 Å². The quantitative estimate of drug-likeness (QED) is 0.845. The van der Waals surface area contributed by atoms with E-state index in [2.05, 4.69) is 24.1 Å². The van der Waals surface area contributed by atoms with E-state index in [1.807, 2.05) is 19.2 Å². The van der Waals surface area contributed by atoms with Crippen LogP contribution in [0.5, 0.6) is 0 Å². The van der Waals surface area contributed by atoms with Crippen molar-refractivity contribution >= 4 is 17.2 Å². The molecule has 1 aromatic heterocycles. The molecular weight excluding hydrogens is 234 g/mol. The lowest BCUT2D eigenvalue weighted by atomic mass is 10.0. The van der Waals surface area contributed by atoms with Gasteiger partial charge in [-0.15, -0.1) is 11.3 Å². The first-order valence-corrected chi connectivity index (χ1v) is 6.76. The van der Waals surface area contributed by atoms with E-state index in [9.17, 15) is 4.79 Å². The summed E-state index contributed by atoms with van der Waals surface area (Å²) in [6, 6.07) is -0.502. The van der Waals surface area contributed by atoms with Gasteiger partial charge in [0.15, 0.2) is 0 Å². The SMILES string of the molecule is Cc1csc(C(C)NC(=O)C(N)CC(C)C)n1. The van der Waals surface area contributed by atoms with Crippen LogP contribution in [0.25, 0.3) is 0 Å². The van der Waals surface area contributed by atoms with Gasteiger partial charge >= 0.3 is 0 Å². The Morgan fingerprint density at radius 1 is 1.53 bits per heavy atom. The molecule has 17 heavy (non-hydrogen) atoms. The predicted octanol–water partition coefficient (Wildman–Crippen LogP) is 2.00. The number of aromatic nitrogens is 1. The van der Waals surface area contributed by atoms with Crippen LogP contribution in [-0.2, 0) is 4.79 Å². The van der Waals surface area contributed by atoms with Crippen molar-refractivity contribution in [3.8, 4) is 0 Å². The monoisotopic (exact) mass is 255 g/mol. The largest absolute Gasteiger partial charge is 0.346 e. The fourth-order valence-corrected chi connectivity index (χ4v) is 2.37. The Bertz CT molecular complexity index is 376. The van der Waals surface area contributed by atoms with E-state index in [1.54, 1.807) is 11.3 Å². The van der Waals surface area contributed by atoms with E-state index in [0.717, 1.165) is 10.7 Å². The number of carbonyl (C=O) groups excluding carboxylic acids is 1. The molecule has 0 saturated heterocycles. The molecule has 0 aliphatic carbocycles. The zero-order chi connectivity index (χ0) is 13.0. The van der Waals surface area contributed by atoms with Crippen molar-refractivity contribution in [2.24, 2.45) is 11.7 Å². The molecule has 96 valence electrons. The highest BCUT2D eigenvalue weighted by atomic mass is 32.1. The molecule has 0 saturated carbocycles. The van der Waals surface area contributed by atoms with Crippen molar-refractivity contribution in [3.63, 3.8) is 0 Å². The number of thiazole rings is 1. The van der Waals surface area contributed by atoms with Crippen molar-refractivity contribution in [3.05, 3.63) is 16.1 Å². The normalized spacial score (nSPS) is 14.7. The Kier molecular flexibility index (Phi) is 5.08. The summed E-state index contributed by atoms with van der Waals surface area (Å²) in [5.74, 6) is 0.326. The van der Waals surface area contributed by atoms with E-state index in [4.69, 9.17) is 5.73 Å². The molecule has 2 atom stereocenters. The minimum absolute atomic E-state index is 0.0700. The van der Waals surface area contributed by atoms with E-state index in [-0.39, 0.29) is 11.9 Å². The minimum atomic E-state index is -0.432. The van der Waals surface area contributed by atoms with Crippen molar-refractivity contribution < 1.29 is 4.79 Å². The molecule has 1 heterocycles. The Labute approximate surface area is 107 Å². The van der Waals surface area contributed by atoms with Gasteiger partial charge in [0.25, 0.3) is 0 Å². The summed E-state index contributed by atoms with van der Waals surface area (Å²) in [5, 5.41) is 5.80. The van der Waals surface area contributed by atoms with Gasteiger partial charge < -0.3 is 11.1 Å². The highest BCUT2D eigenvalue weighted by Gasteiger charge is 2.18. The molecule has 0 fully saturated rings. The van der Waals surface area contributed by atoms with E-state index < -0.39 is 6.04 Å². The van der Waals surface area contributed by atoms with Crippen LogP contribution in [0.2, 0.25) is 0 Å². The second-order valence-electron chi connectivity index (χ2n) is 4.79. The van der Waals surface area contributed by atoms with E-state index in [0.29, 0.717) is 12.3 Å². The highest BCUT2D eigenvalue weighted by Crippen LogP contribution is 2.17. The summed E-state index contributed by atoms with van der Waals surface area (Å²) in [6.45, 7) is 7.98.